The minimum absolute atomic E-state index is 0.277. The van der Waals surface area contributed by atoms with E-state index in [1.807, 2.05) is 11.4 Å². The molecule has 6 rings (SSSR count). The summed E-state index contributed by atoms with van der Waals surface area (Å²) in [7, 11) is 3.22. The summed E-state index contributed by atoms with van der Waals surface area (Å²) in [6, 6.07) is 8.48. The fourth-order valence-electron chi connectivity index (χ4n) is 6.56. The molecule has 0 spiro atoms. The number of carbonyl (C=O) groups excluding carboxylic acids is 1. The molecule has 4 aliphatic rings. The van der Waals surface area contributed by atoms with Gasteiger partial charge in [-0.05, 0) is 86.0 Å². The zero-order valence-electron chi connectivity index (χ0n) is 17.2. The highest BCUT2D eigenvalue weighted by atomic mass is 32.1. The molecule has 1 aromatic carbocycles. The second-order valence-corrected chi connectivity index (χ2v) is 10.3. The molecule has 0 radical (unpaired) electrons. The van der Waals surface area contributed by atoms with Gasteiger partial charge in [-0.3, -0.25) is 0 Å². The number of benzene rings is 1. The topological polar surface area (TPSA) is 47.6 Å². The lowest BCUT2D eigenvalue weighted by Gasteiger charge is -2.57. The number of carbonyl (C=O) groups is 1. The standard InChI is InChI=1S/C24H29NO3S/c1-27-22-4-3-19(25-13-20-8-18(14-29-20)23(26)28-2)9-21(22)24-10-15-5-16(11-24)7-17(6-15)12-24/h3-4,8-9,14-17,25H,5-7,10-13H2,1-2H3. The second kappa shape index (κ2) is 7.35. The Kier molecular flexibility index (Phi) is 4.81. The molecule has 4 bridgehead atoms. The van der Waals surface area contributed by atoms with Crippen LogP contribution < -0.4 is 10.1 Å². The number of nitrogens with one attached hydrogen (secondary N) is 1. The molecule has 4 fully saturated rings. The molecule has 1 N–H and O–H groups in total. The molecular weight excluding hydrogens is 382 g/mol. The van der Waals surface area contributed by atoms with Gasteiger partial charge in [0.05, 0.1) is 19.8 Å². The number of anilines is 1. The third-order valence-electron chi connectivity index (χ3n) is 7.35. The van der Waals surface area contributed by atoms with E-state index in [9.17, 15) is 4.79 Å². The van der Waals surface area contributed by atoms with Gasteiger partial charge >= 0.3 is 5.97 Å². The zero-order chi connectivity index (χ0) is 20.0. The zero-order valence-corrected chi connectivity index (χ0v) is 18.0. The van der Waals surface area contributed by atoms with Crippen molar-refractivity contribution in [2.24, 2.45) is 17.8 Å². The van der Waals surface area contributed by atoms with E-state index in [1.54, 1.807) is 18.4 Å². The predicted octanol–water partition coefficient (Wildman–Crippen LogP) is 5.62. The van der Waals surface area contributed by atoms with Gasteiger partial charge in [0.1, 0.15) is 5.75 Å². The van der Waals surface area contributed by atoms with Crippen LogP contribution in [0.3, 0.4) is 0 Å². The lowest BCUT2D eigenvalue weighted by atomic mass is 9.48. The molecule has 5 heteroatoms. The average Bonchev–Trinajstić information content (AvgIpc) is 3.19. The third-order valence-corrected chi connectivity index (χ3v) is 8.29. The van der Waals surface area contributed by atoms with E-state index >= 15 is 0 Å². The van der Waals surface area contributed by atoms with Gasteiger partial charge in [0, 0.05) is 28.1 Å². The highest BCUT2D eigenvalue weighted by molar-refractivity contribution is 7.10. The summed E-state index contributed by atoms with van der Waals surface area (Å²) >= 11 is 1.58. The highest BCUT2D eigenvalue weighted by Gasteiger charge is 2.52. The van der Waals surface area contributed by atoms with Crippen molar-refractivity contribution in [3.63, 3.8) is 0 Å². The van der Waals surface area contributed by atoms with Crippen molar-refractivity contribution in [3.8, 4) is 5.75 Å². The number of thiophene rings is 1. The van der Waals surface area contributed by atoms with Crippen LogP contribution in [0.15, 0.2) is 29.6 Å². The van der Waals surface area contributed by atoms with E-state index in [2.05, 4.69) is 23.5 Å². The summed E-state index contributed by atoms with van der Waals surface area (Å²) in [5.74, 6) is 3.49. The molecule has 1 aromatic heterocycles. The van der Waals surface area contributed by atoms with Crippen molar-refractivity contribution in [1.82, 2.24) is 0 Å². The van der Waals surface area contributed by atoms with Gasteiger partial charge in [-0.25, -0.2) is 4.79 Å². The Morgan fingerprint density at radius 1 is 1.10 bits per heavy atom. The van der Waals surface area contributed by atoms with Gasteiger partial charge in [-0.15, -0.1) is 11.3 Å². The lowest BCUT2D eigenvalue weighted by Crippen LogP contribution is -2.48. The number of hydrogen-bond acceptors (Lipinski definition) is 5. The summed E-state index contributed by atoms with van der Waals surface area (Å²) in [4.78, 5) is 12.8. The van der Waals surface area contributed by atoms with E-state index < -0.39 is 0 Å². The van der Waals surface area contributed by atoms with Gasteiger partial charge in [0.25, 0.3) is 0 Å². The number of methoxy groups -OCH3 is 2. The van der Waals surface area contributed by atoms with Crippen molar-refractivity contribution in [2.75, 3.05) is 19.5 Å². The monoisotopic (exact) mass is 411 g/mol. The summed E-state index contributed by atoms with van der Waals surface area (Å²) in [6.45, 7) is 0.703. The van der Waals surface area contributed by atoms with E-state index in [0.717, 1.165) is 34.1 Å². The van der Waals surface area contributed by atoms with Crippen LogP contribution in [-0.4, -0.2) is 20.2 Å². The van der Waals surface area contributed by atoms with Crippen molar-refractivity contribution < 1.29 is 14.3 Å². The molecule has 0 unspecified atom stereocenters. The van der Waals surface area contributed by atoms with Crippen LogP contribution in [0, 0.1) is 17.8 Å². The molecule has 4 aliphatic carbocycles. The second-order valence-electron chi connectivity index (χ2n) is 9.26. The molecule has 2 aromatic rings. The molecule has 0 atom stereocenters. The number of esters is 1. The number of ether oxygens (including phenoxy) is 2. The number of hydrogen-bond donors (Lipinski definition) is 1. The molecule has 29 heavy (non-hydrogen) atoms. The molecular formula is C24H29NO3S. The van der Waals surface area contributed by atoms with Gasteiger partial charge in [-0.1, -0.05) is 0 Å². The fraction of sp³-hybridized carbons (Fsp3) is 0.542. The maximum atomic E-state index is 11.7. The average molecular weight is 412 g/mol. The van der Waals surface area contributed by atoms with E-state index in [-0.39, 0.29) is 5.97 Å². The van der Waals surface area contributed by atoms with Crippen LogP contribution in [0.2, 0.25) is 0 Å². The van der Waals surface area contributed by atoms with Gasteiger partial charge < -0.3 is 14.8 Å². The molecule has 0 saturated heterocycles. The molecule has 4 nitrogen and oxygen atoms in total. The van der Waals surface area contributed by atoms with Crippen LogP contribution in [0.4, 0.5) is 5.69 Å². The quantitative estimate of drug-likeness (QED) is 0.627. The smallest absolute Gasteiger partial charge is 0.338 e. The first-order valence-electron chi connectivity index (χ1n) is 10.7. The van der Waals surface area contributed by atoms with Gasteiger partial charge in [-0.2, -0.15) is 0 Å². The third kappa shape index (κ3) is 3.43. The summed E-state index contributed by atoms with van der Waals surface area (Å²) in [5.41, 5.74) is 3.46. The van der Waals surface area contributed by atoms with Gasteiger partial charge in [0.2, 0.25) is 0 Å². The molecule has 1 heterocycles. The van der Waals surface area contributed by atoms with Crippen molar-refractivity contribution in [1.29, 1.82) is 0 Å². The highest BCUT2D eigenvalue weighted by Crippen LogP contribution is 2.62. The van der Waals surface area contributed by atoms with Gasteiger partial charge in [0.15, 0.2) is 0 Å². The van der Waals surface area contributed by atoms with Crippen LogP contribution in [0.25, 0.3) is 0 Å². The summed E-state index contributed by atoms with van der Waals surface area (Å²) in [5, 5.41) is 5.42. The Labute approximate surface area is 176 Å². The SMILES string of the molecule is COC(=O)c1csc(CNc2ccc(OC)c(C34CC5CC(CC(C5)C3)C4)c2)c1. The normalized spacial score (nSPS) is 29.7. The molecule has 4 saturated carbocycles. The van der Waals surface area contributed by atoms with E-state index in [0.29, 0.717) is 17.5 Å². The lowest BCUT2D eigenvalue weighted by molar-refractivity contribution is -0.00613. The van der Waals surface area contributed by atoms with Crippen molar-refractivity contribution in [3.05, 3.63) is 45.6 Å². The Hall–Kier alpha value is -2.01. The van der Waals surface area contributed by atoms with Crippen LogP contribution >= 0.6 is 11.3 Å². The molecule has 0 aliphatic heterocycles. The van der Waals surface area contributed by atoms with Crippen molar-refractivity contribution in [2.45, 2.75) is 50.5 Å². The first-order valence-corrected chi connectivity index (χ1v) is 11.5. The first-order chi connectivity index (χ1) is 14.1. The van der Waals surface area contributed by atoms with Crippen LogP contribution in [0.5, 0.6) is 5.75 Å². The maximum absolute atomic E-state index is 11.7. The predicted molar refractivity (Wildman–Crippen MR) is 116 cm³/mol. The maximum Gasteiger partial charge on any atom is 0.338 e. The van der Waals surface area contributed by atoms with E-state index in [4.69, 9.17) is 9.47 Å². The van der Waals surface area contributed by atoms with Crippen LogP contribution in [-0.2, 0) is 16.7 Å². The molecule has 0 amide bonds. The minimum Gasteiger partial charge on any atom is -0.496 e. The Bertz CT molecular complexity index is 883. The minimum atomic E-state index is -0.277. The van der Waals surface area contributed by atoms with E-state index in [1.165, 1.54) is 51.2 Å². The van der Waals surface area contributed by atoms with Crippen LogP contribution in [0.1, 0.15) is 59.3 Å². The Morgan fingerprint density at radius 3 is 2.41 bits per heavy atom. The molecule has 154 valence electrons. The summed E-state index contributed by atoms with van der Waals surface area (Å²) < 4.78 is 10.6. The van der Waals surface area contributed by atoms with Crippen molar-refractivity contribution >= 4 is 23.0 Å². The fourth-order valence-corrected chi connectivity index (χ4v) is 7.35. The largest absolute Gasteiger partial charge is 0.496 e. The Morgan fingerprint density at radius 2 is 1.79 bits per heavy atom. The number of rotatable bonds is 6. The Balaban J connectivity index is 1.37. The first kappa shape index (κ1) is 19.0. The summed E-state index contributed by atoms with van der Waals surface area (Å²) in [6.07, 6.45) is 8.31.